The fourth-order valence-electron chi connectivity index (χ4n) is 3.25. The summed E-state index contributed by atoms with van der Waals surface area (Å²) in [5, 5.41) is 0. The van der Waals surface area contributed by atoms with E-state index in [1.807, 2.05) is 25.7 Å². The molecule has 2 heterocycles. The quantitative estimate of drug-likeness (QED) is 0.802. The summed E-state index contributed by atoms with van der Waals surface area (Å²) < 4.78 is 2.22. The summed E-state index contributed by atoms with van der Waals surface area (Å²) in [6.45, 7) is 6.64. The topological polar surface area (TPSA) is 42.3 Å². The average molecular weight is 306 g/mol. The predicted molar refractivity (Wildman–Crippen MR) is 85.2 cm³/mol. The zero-order valence-electron chi connectivity index (χ0n) is 12.9. The molecule has 1 aromatic heterocycles. The van der Waals surface area contributed by atoms with Crippen LogP contribution >= 0.6 is 11.8 Å². The van der Waals surface area contributed by atoms with Gasteiger partial charge in [0.15, 0.2) is 5.78 Å². The van der Waals surface area contributed by atoms with Gasteiger partial charge in [-0.2, -0.15) is 0 Å². The van der Waals surface area contributed by atoms with Gasteiger partial charge in [0.25, 0.3) is 5.91 Å². The molecule has 0 atom stereocenters. The van der Waals surface area contributed by atoms with E-state index in [2.05, 4.69) is 4.57 Å². The molecule has 114 valence electrons. The summed E-state index contributed by atoms with van der Waals surface area (Å²) in [6, 6.07) is 0.489. The average Bonchev–Trinajstić information content (AvgIpc) is 3.07. The Labute approximate surface area is 129 Å². The number of aromatic nitrogens is 1. The van der Waals surface area contributed by atoms with Gasteiger partial charge in [0.2, 0.25) is 0 Å². The van der Waals surface area contributed by atoms with Gasteiger partial charge in [-0.3, -0.25) is 9.59 Å². The fraction of sp³-hybridized carbons (Fsp3) is 0.625. The largest absolute Gasteiger partial charge is 0.345 e. The van der Waals surface area contributed by atoms with Gasteiger partial charge >= 0.3 is 0 Å². The maximum absolute atomic E-state index is 12.9. The van der Waals surface area contributed by atoms with Crippen LogP contribution in [0.4, 0.5) is 0 Å². The molecule has 2 fully saturated rings. The van der Waals surface area contributed by atoms with Crippen LogP contribution in [0.5, 0.6) is 0 Å². The molecular formula is C16H22N2O2S. The lowest BCUT2D eigenvalue weighted by Gasteiger charge is -2.15. The van der Waals surface area contributed by atoms with E-state index in [9.17, 15) is 9.59 Å². The van der Waals surface area contributed by atoms with E-state index in [4.69, 9.17) is 0 Å². The highest BCUT2D eigenvalue weighted by Gasteiger charge is 2.35. The maximum Gasteiger partial charge on any atom is 0.257 e. The Balaban J connectivity index is 2.10. The molecule has 0 N–H and O–H groups in total. The van der Waals surface area contributed by atoms with Gasteiger partial charge in [-0.1, -0.05) is 6.92 Å². The second kappa shape index (κ2) is 5.52. The molecule has 1 saturated heterocycles. The maximum atomic E-state index is 12.9. The van der Waals surface area contributed by atoms with Crippen LogP contribution in [0.2, 0.25) is 0 Å². The van der Waals surface area contributed by atoms with E-state index in [-0.39, 0.29) is 11.7 Å². The Morgan fingerprint density at radius 1 is 1.19 bits per heavy atom. The lowest BCUT2D eigenvalue weighted by Crippen LogP contribution is -2.29. The minimum Gasteiger partial charge on any atom is -0.345 e. The van der Waals surface area contributed by atoms with E-state index in [0.717, 1.165) is 42.4 Å². The van der Waals surface area contributed by atoms with Crippen molar-refractivity contribution in [2.45, 2.75) is 46.1 Å². The van der Waals surface area contributed by atoms with Gasteiger partial charge in [0.05, 0.1) is 17.0 Å². The van der Waals surface area contributed by atoms with Crippen molar-refractivity contribution in [1.29, 1.82) is 0 Å². The molecule has 2 aliphatic rings. The van der Waals surface area contributed by atoms with Crippen LogP contribution in [0, 0.1) is 13.8 Å². The number of rotatable bonds is 4. The van der Waals surface area contributed by atoms with Crippen LogP contribution in [-0.4, -0.2) is 39.3 Å². The third kappa shape index (κ3) is 2.41. The molecule has 0 radical (unpaired) electrons. The van der Waals surface area contributed by atoms with Gasteiger partial charge < -0.3 is 9.47 Å². The van der Waals surface area contributed by atoms with Gasteiger partial charge in [0, 0.05) is 36.1 Å². The summed E-state index contributed by atoms with van der Waals surface area (Å²) >= 11 is 1.77. The Bertz CT molecular complexity index is 596. The summed E-state index contributed by atoms with van der Waals surface area (Å²) in [7, 11) is 0. The van der Waals surface area contributed by atoms with Gasteiger partial charge in [-0.25, -0.2) is 0 Å². The highest BCUT2D eigenvalue weighted by atomic mass is 32.2. The van der Waals surface area contributed by atoms with Crippen LogP contribution in [0.25, 0.3) is 0 Å². The van der Waals surface area contributed by atoms with E-state index in [0.29, 0.717) is 23.6 Å². The molecule has 0 spiro atoms. The van der Waals surface area contributed by atoms with E-state index in [1.54, 1.807) is 11.8 Å². The molecule has 1 aromatic rings. The molecule has 3 rings (SSSR count). The van der Waals surface area contributed by atoms with Crippen molar-refractivity contribution in [2.75, 3.05) is 18.2 Å². The molecule has 0 unspecified atom stereocenters. The number of amides is 1. The van der Waals surface area contributed by atoms with Gasteiger partial charge in [-0.05, 0) is 26.7 Å². The van der Waals surface area contributed by atoms with E-state index in [1.165, 1.54) is 0 Å². The highest BCUT2D eigenvalue weighted by Crippen LogP contribution is 2.40. The molecule has 1 amide bonds. The van der Waals surface area contributed by atoms with Crippen LogP contribution in [0.3, 0.4) is 0 Å². The van der Waals surface area contributed by atoms with Crippen molar-refractivity contribution in [2.24, 2.45) is 0 Å². The normalized spacial score (nSPS) is 18.3. The molecular weight excluding hydrogens is 284 g/mol. The lowest BCUT2D eigenvalue weighted by atomic mass is 10.0. The second-order valence-electron chi connectivity index (χ2n) is 5.90. The number of hydrogen-bond donors (Lipinski definition) is 0. The zero-order chi connectivity index (χ0) is 15.1. The first kappa shape index (κ1) is 14.7. The fourth-order valence-corrected chi connectivity index (χ4v) is 4.19. The smallest absolute Gasteiger partial charge is 0.257 e. The molecule has 1 saturated carbocycles. The van der Waals surface area contributed by atoms with Crippen molar-refractivity contribution in [1.82, 2.24) is 9.47 Å². The Morgan fingerprint density at radius 2 is 1.86 bits per heavy atom. The summed E-state index contributed by atoms with van der Waals surface area (Å²) in [6.07, 6.45) is 2.76. The highest BCUT2D eigenvalue weighted by molar-refractivity contribution is 7.99. The summed E-state index contributed by atoms with van der Waals surface area (Å²) in [4.78, 5) is 27.1. The third-order valence-electron chi connectivity index (χ3n) is 4.46. The molecule has 21 heavy (non-hydrogen) atoms. The first-order valence-electron chi connectivity index (χ1n) is 7.67. The van der Waals surface area contributed by atoms with Crippen molar-refractivity contribution in [3.63, 3.8) is 0 Å². The molecule has 4 nitrogen and oxygen atoms in total. The molecule has 1 aliphatic carbocycles. The first-order chi connectivity index (χ1) is 10.1. The van der Waals surface area contributed by atoms with Crippen LogP contribution in [-0.2, 0) is 0 Å². The Kier molecular flexibility index (Phi) is 3.86. The van der Waals surface area contributed by atoms with Crippen LogP contribution < -0.4 is 0 Å². The monoisotopic (exact) mass is 306 g/mol. The van der Waals surface area contributed by atoms with E-state index >= 15 is 0 Å². The minimum absolute atomic E-state index is 0.0387. The molecule has 0 bridgehead atoms. The van der Waals surface area contributed by atoms with E-state index < -0.39 is 0 Å². The van der Waals surface area contributed by atoms with Crippen molar-refractivity contribution < 1.29 is 9.59 Å². The third-order valence-corrected chi connectivity index (χ3v) is 5.43. The van der Waals surface area contributed by atoms with Crippen molar-refractivity contribution in [3.05, 3.63) is 22.5 Å². The first-order valence-corrected chi connectivity index (χ1v) is 8.83. The van der Waals surface area contributed by atoms with Crippen LogP contribution in [0.1, 0.15) is 64.3 Å². The molecule has 5 heteroatoms. The number of thioether (sulfide) groups is 1. The zero-order valence-corrected chi connectivity index (χ0v) is 13.8. The molecule has 0 aromatic carbocycles. The molecule has 1 aliphatic heterocycles. The number of carbonyl (C=O) groups excluding carboxylic acids is 2. The standard InChI is InChI=1S/C16H22N2O2S/c1-4-13(19)14-10(2)18(12-5-6-12)11(3)15(14)16(20)17-7-8-21-9-17/h12H,4-9H2,1-3H3. The summed E-state index contributed by atoms with van der Waals surface area (Å²) in [5.41, 5.74) is 3.29. The SMILES string of the molecule is CCC(=O)c1c(C(=O)N2CCSC2)c(C)n(C2CC2)c1C. The number of carbonyl (C=O) groups is 2. The van der Waals surface area contributed by atoms with Crippen LogP contribution in [0.15, 0.2) is 0 Å². The van der Waals surface area contributed by atoms with Crippen molar-refractivity contribution in [3.8, 4) is 0 Å². The number of hydrogen-bond acceptors (Lipinski definition) is 3. The second-order valence-corrected chi connectivity index (χ2v) is 6.98. The van der Waals surface area contributed by atoms with Crippen molar-refractivity contribution >= 4 is 23.5 Å². The Hall–Kier alpha value is -1.23. The summed E-state index contributed by atoms with van der Waals surface area (Å²) in [5.74, 6) is 1.86. The van der Waals surface area contributed by atoms with Gasteiger partial charge in [0.1, 0.15) is 0 Å². The number of ketones is 1. The number of nitrogens with zero attached hydrogens (tertiary/aromatic N) is 2. The Morgan fingerprint density at radius 3 is 2.38 bits per heavy atom. The predicted octanol–water partition coefficient (Wildman–Crippen LogP) is 3.18. The van der Waals surface area contributed by atoms with Gasteiger partial charge in [-0.15, -0.1) is 11.8 Å². The number of Topliss-reactive ketones (excluding diaryl/α,β-unsaturated/α-hetero) is 1. The lowest BCUT2D eigenvalue weighted by molar-refractivity contribution is 0.0795. The minimum atomic E-state index is 0.0387.